The van der Waals surface area contributed by atoms with Gasteiger partial charge in [0.15, 0.2) is 11.5 Å². The van der Waals surface area contributed by atoms with E-state index < -0.39 is 0 Å². The molecule has 1 N–H and O–H groups in total. The first-order valence-corrected chi connectivity index (χ1v) is 6.21. The Labute approximate surface area is 108 Å². The summed E-state index contributed by atoms with van der Waals surface area (Å²) in [6, 6.07) is 6.00. The topological polar surface area (TPSA) is 59.6 Å². The highest BCUT2D eigenvalue weighted by molar-refractivity contribution is 6.02. The lowest BCUT2D eigenvalue weighted by atomic mass is 10.2. The number of imidazole rings is 1. The van der Waals surface area contributed by atoms with Gasteiger partial charge >= 0.3 is 0 Å². The summed E-state index contributed by atoms with van der Waals surface area (Å²) in [4.78, 5) is 11.8. The number of oxazole rings is 1. The molecule has 4 rings (SSSR count). The summed E-state index contributed by atoms with van der Waals surface area (Å²) in [7, 11) is 0. The number of nitrogens with zero attached hydrogens (tertiary/aromatic N) is 3. The number of hydrogen-bond donors (Lipinski definition) is 1. The van der Waals surface area contributed by atoms with E-state index in [-0.39, 0.29) is 0 Å². The minimum Gasteiger partial charge on any atom is -0.441 e. The summed E-state index contributed by atoms with van der Waals surface area (Å²) in [5.74, 6) is 0.761. The van der Waals surface area contributed by atoms with E-state index in [9.17, 15) is 0 Å². The van der Waals surface area contributed by atoms with E-state index >= 15 is 0 Å². The van der Waals surface area contributed by atoms with Gasteiger partial charge in [0.2, 0.25) is 0 Å². The second-order valence-corrected chi connectivity index (χ2v) is 4.51. The highest BCUT2D eigenvalue weighted by Crippen LogP contribution is 2.25. The maximum atomic E-state index is 5.79. The van der Waals surface area contributed by atoms with Gasteiger partial charge in [-0.1, -0.05) is 0 Å². The largest absolute Gasteiger partial charge is 0.441 e. The zero-order valence-corrected chi connectivity index (χ0v) is 10.2. The normalized spacial score (nSPS) is 11.6. The van der Waals surface area contributed by atoms with Crippen LogP contribution in [-0.2, 0) is 13.0 Å². The monoisotopic (exact) mass is 252 g/mol. The second kappa shape index (κ2) is 3.98. The van der Waals surface area contributed by atoms with Gasteiger partial charge in [-0.25, -0.2) is 9.97 Å². The summed E-state index contributed by atoms with van der Waals surface area (Å²) < 4.78 is 7.80. The molecule has 0 fully saturated rings. The molecule has 0 amide bonds. The quantitative estimate of drug-likeness (QED) is 0.610. The Hall–Kier alpha value is -2.56. The van der Waals surface area contributed by atoms with Crippen molar-refractivity contribution in [3.63, 3.8) is 0 Å². The number of fused-ring (bicyclic) bond motifs is 3. The van der Waals surface area contributed by atoms with E-state index in [4.69, 9.17) is 4.42 Å². The van der Waals surface area contributed by atoms with Crippen molar-refractivity contribution in [1.82, 2.24) is 19.5 Å². The molecule has 3 heterocycles. The van der Waals surface area contributed by atoms with Crippen LogP contribution in [0.2, 0.25) is 0 Å². The summed E-state index contributed by atoms with van der Waals surface area (Å²) >= 11 is 0. The van der Waals surface area contributed by atoms with E-state index in [0.717, 1.165) is 40.9 Å². The van der Waals surface area contributed by atoms with Crippen LogP contribution < -0.4 is 0 Å². The van der Waals surface area contributed by atoms with E-state index in [0.29, 0.717) is 0 Å². The summed E-state index contributed by atoms with van der Waals surface area (Å²) in [6.45, 7) is 0.823. The summed E-state index contributed by atoms with van der Waals surface area (Å²) in [5, 5.41) is 1.11. The number of aromatic nitrogens is 4. The molecule has 0 aliphatic rings. The number of aryl methyl sites for hydroxylation is 2. The number of benzene rings is 1. The molecule has 0 aliphatic heterocycles. The lowest BCUT2D eigenvalue weighted by Crippen LogP contribution is -1.98. The zero-order chi connectivity index (χ0) is 12.7. The number of aromatic amines is 1. The maximum absolute atomic E-state index is 5.79. The van der Waals surface area contributed by atoms with E-state index in [1.54, 1.807) is 12.5 Å². The molecule has 0 bridgehead atoms. The number of hydrogen-bond acceptors (Lipinski definition) is 3. The van der Waals surface area contributed by atoms with Crippen molar-refractivity contribution in [2.45, 2.75) is 13.0 Å². The molecule has 0 atom stereocenters. The molecule has 0 radical (unpaired) electrons. The van der Waals surface area contributed by atoms with Gasteiger partial charge in [-0.05, 0) is 18.2 Å². The van der Waals surface area contributed by atoms with Crippen LogP contribution in [0.25, 0.3) is 22.0 Å². The predicted molar refractivity (Wildman–Crippen MR) is 71.8 cm³/mol. The van der Waals surface area contributed by atoms with Gasteiger partial charge < -0.3 is 14.0 Å². The fourth-order valence-corrected chi connectivity index (χ4v) is 2.32. The summed E-state index contributed by atoms with van der Waals surface area (Å²) in [6.07, 6.45) is 8.19. The molecule has 3 aromatic heterocycles. The van der Waals surface area contributed by atoms with E-state index in [1.165, 1.54) is 0 Å². The molecule has 1 aromatic carbocycles. The number of H-pyrrole nitrogens is 1. The predicted octanol–water partition coefficient (Wildman–Crippen LogP) is 2.75. The number of nitrogens with one attached hydrogen (secondary N) is 1. The zero-order valence-electron chi connectivity index (χ0n) is 10.2. The van der Waals surface area contributed by atoms with Gasteiger partial charge in [0.05, 0.1) is 6.33 Å². The molecule has 19 heavy (non-hydrogen) atoms. The van der Waals surface area contributed by atoms with Gasteiger partial charge in [-0.15, -0.1) is 0 Å². The lowest BCUT2D eigenvalue weighted by molar-refractivity contribution is 0.505. The van der Waals surface area contributed by atoms with Crippen molar-refractivity contribution in [2.24, 2.45) is 0 Å². The molecular formula is C14H12N4O. The van der Waals surface area contributed by atoms with Gasteiger partial charge in [0.25, 0.3) is 0 Å². The van der Waals surface area contributed by atoms with Crippen LogP contribution >= 0.6 is 0 Å². The minimum atomic E-state index is 0.761. The van der Waals surface area contributed by atoms with Gasteiger partial charge in [0, 0.05) is 42.5 Å². The Balaban J connectivity index is 1.71. The SMILES string of the molecule is c1cn(CCc2nc3c(ccc4[nH]ccc43)o2)cn1. The Morgan fingerprint density at radius 3 is 3.16 bits per heavy atom. The average molecular weight is 252 g/mol. The Kier molecular flexibility index (Phi) is 2.17. The molecule has 0 saturated carbocycles. The van der Waals surface area contributed by atoms with Crippen molar-refractivity contribution in [3.8, 4) is 0 Å². The van der Waals surface area contributed by atoms with Crippen molar-refractivity contribution in [3.05, 3.63) is 49.0 Å². The van der Waals surface area contributed by atoms with Crippen LogP contribution in [0.4, 0.5) is 0 Å². The van der Waals surface area contributed by atoms with Crippen LogP contribution in [0.15, 0.2) is 47.5 Å². The van der Waals surface area contributed by atoms with Crippen LogP contribution in [0.1, 0.15) is 5.89 Å². The third-order valence-electron chi connectivity index (χ3n) is 3.28. The molecule has 5 nitrogen and oxygen atoms in total. The van der Waals surface area contributed by atoms with Crippen molar-refractivity contribution < 1.29 is 4.42 Å². The Morgan fingerprint density at radius 2 is 2.26 bits per heavy atom. The van der Waals surface area contributed by atoms with Crippen LogP contribution in [-0.4, -0.2) is 19.5 Å². The lowest BCUT2D eigenvalue weighted by Gasteiger charge is -1.97. The third-order valence-corrected chi connectivity index (χ3v) is 3.28. The highest BCUT2D eigenvalue weighted by Gasteiger charge is 2.09. The maximum Gasteiger partial charge on any atom is 0.197 e. The van der Waals surface area contributed by atoms with Gasteiger partial charge in [0.1, 0.15) is 5.52 Å². The first-order chi connectivity index (χ1) is 9.40. The first kappa shape index (κ1) is 10.4. The molecule has 0 aliphatic carbocycles. The standard InChI is InChI=1S/C14H12N4O/c1-2-12-14(10-3-5-16-11(1)10)17-13(19-12)4-7-18-8-6-15-9-18/h1-3,5-6,8-9,16H,4,7H2. The average Bonchev–Trinajstić information content (AvgIpc) is 3.15. The molecular weight excluding hydrogens is 240 g/mol. The van der Waals surface area contributed by atoms with Crippen molar-refractivity contribution in [1.29, 1.82) is 0 Å². The second-order valence-electron chi connectivity index (χ2n) is 4.51. The molecule has 0 unspecified atom stereocenters. The van der Waals surface area contributed by atoms with Crippen LogP contribution in [0, 0.1) is 0 Å². The van der Waals surface area contributed by atoms with Gasteiger partial charge in [-0.3, -0.25) is 0 Å². The molecule has 94 valence electrons. The van der Waals surface area contributed by atoms with Crippen LogP contribution in [0.3, 0.4) is 0 Å². The smallest absolute Gasteiger partial charge is 0.197 e. The van der Waals surface area contributed by atoms with E-state index in [1.807, 2.05) is 35.2 Å². The molecule has 0 spiro atoms. The fourth-order valence-electron chi connectivity index (χ4n) is 2.32. The van der Waals surface area contributed by atoms with Crippen molar-refractivity contribution >= 4 is 22.0 Å². The third kappa shape index (κ3) is 1.71. The molecule has 0 saturated heterocycles. The van der Waals surface area contributed by atoms with E-state index in [2.05, 4.69) is 15.0 Å². The van der Waals surface area contributed by atoms with Gasteiger partial charge in [-0.2, -0.15) is 0 Å². The minimum absolute atomic E-state index is 0.761. The van der Waals surface area contributed by atoms with Crippen molar-refractivity contribution in [2.75, 3.05) is 0 Å². The van der Waals surface area contributed by atoms with Crippen LogP contribution in [0.5, 0.6) is 0 Å². The first-order valence-electron chi connectivity index (χ1n) is 6.21. The molecule has 5 heteroatoms. The Morgan fingerprint density at radius 1 is 1.26 bits per heavy atom. The number of rotatable bonds is 3. The summed E-state index contributed by atoms with van der Waals surface area (Å²) in [5.41, 5.74) is 2.86. The fraction of sp³-hybridized carbons (Fsp3) is 0.143. The highest BCUT2D eigenvalue weighted by atomic mass is 16.3. The molecule has 4 aromatic rings. The Bertz CT molecular complexity index is 826.